The zero-order valence-corrected chi connectivity index (χ0v) is 19.1. The van der Waals surface area contributed by atoms with Gasteiger partial charge in [-0.1, -0.05) is 30.3 Å². The molecule has 34 heavy (non-hydrogen) atoms. The van der Waals surface area contributed by atoms with Crippen molar-refractivity contribution in [2.75, 3.05) is 17.3 Å². The van der Waals surface area contributed by atoms with Crippen LogP contribution in [-0.2, 0) is 10.0 Å². The number of rotatable bonds is 8. The molecule has 11 heteroatoms. The average Bonchev–Trinajstić information content (AvgIpc) is 3.14. The molecule has 0 aliphatic heterocycles. The van der Waals surface area contributed by atoms with Crippen LogP contribution in [0, 0.1) is 17.0 Å². The first-order valence-corrected chi connectivity index (χ1v) is 11.6. The Morgan fingerprint density at radius 2 is 1.79 bits per heavy atom. The van der Waals surface area contributed by atoms with Crippen molar-refractivity contribution in [2.45, 2.75) is 11.8 Å². The minimum Gasteiger partial charge on any atom is -0.495 e. The van der Waals surface area contributed by atoms with E-state index in [9.17, 15) is 18.5 Å². The van der Waals surface area contributed by atoms with E-state index in [1.807, 2.05) is 31.2 Å². The van der Waals surface area contributed by atoms with Gasteiger partial charge in [0, 0.05) is 28.2 Å². The number of aromatic amines is 1. The summed E-state index contributed by atoms with van der Waals surface area (Å²) in [4.78, 5) is 14.0. The quantitative estimate of drug-likeness (QED) is 0.191. The summed E-state index contributed by atoms with van der Waals surface area (Å²) < 4.78 is 33.2. The molecule has 0 fully saturated rings. The van der Waals surface area contributed by atoms with E-state index < -0.39 is 20.6 Å². The highest BCUT2D eigenvalue weighted by Gasteiger charge is 2.22. The number of benzene rings is 3. The smallest absolute Gasteiger partial charge is 0.295 e. The molecule has 0 amide bonds. The van der Waals surface area contributed by atoms with E-state index in [1.54, 1.807) is 24.4 Å². The van der Waals surface area contributed by atoms with Gasteiger partial charge in [0.15, 0.2) is 0 Å². The van der Waals surface area contributed by atoms with E-state index in [4.69, 9.17) is 4.74 Å². The van der Waals surface area contributed by atoms with Crippen molar-refractivity contribution in [1.29, 1.82) is 0 Å². The largest absolute Gasteiger partial charge is 0.495 e. The van der Waals surface area contributed by atoms with Crippen LogP contribution in [0.15, 0.2) is 76.7 Å². The lowest BCUT2D eigenvalue weighted by Crippen LogP contribution is -2.14. The summed E-state index contributed by atoms with van der Waals surface area (Å²) in [5.74, 6) is 0.320. The van der Waals surface area contributed by atoms with Crippen molar-refractivity contribution in [2.24, 2.45) is 5.10 Å². The summed E-state index contributed by atoms with van der Waals surface area (Å²) in [5.41, 5.74) is 5.16. The second-order valence-corrected chi connectivity index (χ2v) is 9.00. The molecule has 1 heterocycles. The molecule has 4 aromatic rings. The highest BCUT2D eigenvalue weighted by molar-refractivity contribution is 7.92. The van der Waals surface area contributed by atoms with Crippen molar-refractivity contribution in [3.63, 3.8) is 0 Å². The zero-order chi connectivity index (χ0) is 24.3. The summed E-state index contributed by atoms with van der Waals surface area (Å²) in [6.07, 6.45) is 1.56. The molecule has 0 radical (unpaired) electrons. The molecule has 3 N–H and O–H groups in total. The number of fused-ring (bicyclic) bond motifs is 1. The number of nitro benzene ring substituents is 1. The number of anilines is 2. The topological polar surface area (TPSA) is 139 Å². The molecular formula is C23H21N5O5S. The Morgan fingerprint density at radius 1 is 1.06 bits per heavy atom. The Bertz CT molecular complexity index is 1510. The number of aromatic nitrogens is 1. The Balaban J connectivity index is 1.61. The lowest BCUT2D eigenvalue weighted by Gasteiger charge is -2.12. The number of methoxy groups -OCH3 is 1. The average molecular weight is 480 g/mol. The second kappa shape index (κ2) is 9.24. The van der Waals surface area contributed by atoms with Crippen LogP contribution < -0.4 is 14.9 Å². The van der Waals surface area contributed by atoms with Gasteiger partial charge in [0.05, 0.1) is 28.8 Å². The minimum absolute atomic E-state index is 0.0509. The first-order valence-electron chi connectivity index (χ1n) is 10.1. The summed E-state index contributed by atoms with van der Waals surface area (Å²) in [6, 6.07) is 17.7. The molecule has 0 spiro atoms. The van der Waals surface area contributed by atoms with Crippen LogP contribution in [-0.4, -0.2) is 31.6 Å². The van der Waals surface area contributed by atoms with Crippen molar-refractivity contribution < 1.29 is 18.1 Å². The first kappa shape index (κ1) is 22.8. The molecule has 1 aromatic heterocycles. The third-order valence-corrected chi connectivity index (χ3v) is 6.51. The van der Waals surface area contributed by atoms with Crippen molar-refractivity contribution in [3.05, 3.63) is 88.1 Å². The maximum Gasteiger partial charge on any atom is 0.295 e. The summed E-state index contributed by atoms with van der Waals surface area (Å²) >= 11 is 0. The molecular weight excluding hydrogens is 458 g/mol. The fraction of sp³-hybridized carbons (Fsp3) is 0.0870. The standard InChI is InChI=1S/C23H21N5O5S/c1-15-18(17-7-3-4-8-19(17)25-15)14-24-26-20-12-11-16(13-22(20)28(29)30)34(31,32)27-21-9-5-6-10-23(21)33-2/h3-14,25-27H,1-2H3/b24-14+. The van der Waals surface area contributed by atoms with E-state index in [-0.39, 0.29) is 16.3 Å². The molecule has 0 atom stereocenters. The van der Waals surface area contributed by atoms with Gasteiger partial charge in [-0.15, -0.1) is 0 Å². The number of aryl methyl sites for hydroxylation is 1. The number of nitrogens with one attached hydrogen (secondary N) is 3. The van der Waals surface area contributed by atoms with Crippen molar-refractivity contribution >= 4 is 44.2 Å². The molecule has 4 rings (SSSR count). The first-order chi connectivity index (χ1) is 16.3. The maximum atomic E-state index is 12.8. The predicted molar refractivity (Wildman–Crippen MR) is 131 cm³/mol. The van der Waals surface area contributed by atoms with Crippen LogP contribution in [0.2, 0.25) is 0 Å². The zero-order valence-electron chi connectivity index (χ0n) is 18.3. The maximum absolute atomic E-state index is 12.8. The highest BCUT2D eigenvalue weighted by atomic mass is 32.2. The van der Waals surface area contributed by atoms with Crippen molar-refractivity contribution in [3.8, 4) is 5.75 Å². The SMILES string of the molecule is COc1ccccc1NS(=O)(=O)c1ccc(N/N=C/c2c(C)[nH]c3ccccc23)c([N+](=O)[O-])c1. The lowest BCUT2D eigenvalue weighted by molar-refractivity contribution is -0.384. The predicted octanol–water partition coefficient (Wildman–Crippen LogP) is 4.64. The van der Waals surface area contributed by atoms with Crippen LogP contribution in [0.25, 0.3) is 10.9 Å². The van der Waals surface area contributed by atoms with Crippen LogP contribution in [0.4, 0.5) is 17.1 Å². The van der Waals surface area contributed by atoms with Gasteiger partial charge >= 0.3 is 0 Å². The van der Waals surface area contributed by atoms with E-state index in [2.05, 4.69) is 20.2 Å². The number of nitrogens with zero attached hydrogens (tertiary/aromatic N) is 2. The van der Waals surface area contributed by atoms with Gasteiger partial charge in [-0.2, -0.15) is 5.10 Å². The van der Waals surface area contributed by atoms with Gasteiger partial charge < -0.3 is 9.72 Å². The molecule has 3 aromatic carbocycles. The summed E-state index contributed by atoms with van der Waals surface area (Å²) in [7, 11) is -2.70. The van der Waals surface area contributed by atoms with E-state index >= 15 is 0 Å². The number of hydrogen-bond acceptors (Lipinski definition) is 7. The van der Waals surface area contributed by atoms with Gasteiger partial charge in [-0.05, 0) is 37.3 Å². The Hall–Kier alpha value is -4.38. The van der Waals surface area contributed by atoms with E-state index in [0.29, 0.717) is 5.75 Å². The molecule has 0 aliphatic rings. The molecule has 0 aliphatic carbocycles. The monoisotopic (exact) mass is 479 g/mol. The van der Waals surface area contributed by atoms with Crippen LogP contribution in [0.5, 0.6) is 5.75 Å². The third-order valence-electron chi connectivity index (χ3n) is 5.15. The van der Waals surface area contributed by atoms with Crippen LogP contribution in [0.3, 0.4) is 0 Å². The van der Waals surface area contributed by atoms with Crippen LogP contribution >= 0.6 is 0 Å². The molecule has 0 saturated heterocycles. The number of nitro groups is 1. The molecule has 0 saturated carbocycles. The number of H-pyrrole nitrogens is 1. The van der Waals surface area contributed by atoms with Crippen molar-refractivity contribution in [1.82, 2.24) is 4.98 Å². The van der Waals surface area contributed by atoms with Gasteiger partial charge in [0.2, 0.25) is 0 Å². The Labute approximate surface area is 195 Å². The summed E-state index contributed by atoms with van der Waals surface area (Å²) in [6.45, 7) is 1.90. The second-order valence-electron chi connectivity index (χ2n) is 7.32. The fourth-order valence-electron chi connectivity index (χ4n) is 3.49. The number of sulfonamides is 1. The number of hydrogen-bond donors (Lipinski definition) is 3. The molecule has 0 bridgehead atoms. The molecule has 174 valence electrons. The third kappa shape index (κ3) is 4.55. The van der Waals surface area contributed by atoms with E-state index in [0.717, 1.165) is 28.2 Å². The number of para-hydroxylation sites is 3. The van der Waals surface area contributed by atoms with Gasteiger partial charge in [-0.3, -0.25) is 20.3 Å². The van der Waals surface area contributed by atoms with Gasteiger partial charge in [-0.25, -0.2) is 8.42 Å². The van der Waals surface area contributed by atoms with Crippen LogP contribution in [0.1, 0.15) is 11.3 Å². The van der Waals surface area contributed by atoms with E-state index in [1.165, 1.54) is 25.3 Å². The highest BCUT2D eigenvalue weighted by Crippen LogP contribution is 2.31. The lowest BCUT2D eigenvalue weighted by atomic mass is 10.1. The number of hydrazone groups is 1. The molecule has 0 unspecified atom stereocenters. The number of ether oxygens (including phenoxy) is 1. The Morgan fingerprint density at radius 3 is 2.56 bits per heavy atom. The van der Waals surface area contributed by atoms with Gasteiger partial charge in [0.1, 0.15) is 11.4 Å². The Kier molecular flexibility index (Phi) is 6.19. The summed E-state index contributed by atoms with van der Waals surface area (Å²) in [5, 5.41) is 16.8. The molecule has 10 nitrogen and oxygen atoms in total. The fourth-order valence-corrected chi connectivity index (χ4v) is 4.58. The normalized spacial score (nSPS) is 11.6. The minimum atomic E-state index is -4.11. The van der Waals surface area contributed by atoms with Gasteiger partial charge in [0.25, 0.3) is 15.7 Å².